The summed E-state index contributed by atoms with van der Waals surface area (Å²) in [7, 11) is 2.98. The molecule has 4 aromatic rings. The number of amides is 1. The van der Waals surface area contributed by atoms with E-state index >= 15 is 0 Å². The highest BCUT2D eigenvalue weighted by Gasteiger charge is 2.34. The number of esters is 1. The number of benzene rings is 3. The Labute approximate surface area is 225 Å². The Hall–Kier alpha value is -4.79. The molecule has 3 aromatic carbocycles. The fourth-order valence-electron chi connectivity index (χ4n) is 4.60. The summed E-state index contributed by atoms with van der Waals surface area (Å²) in [6.07, 6.45) is 0.556. The van der Waals surface area contributed by atoms with E-state index in [1.54, 1.807) is 49.3 Å². The number of furan rings is 1. The van der Waals surface area contributed by atoms with Crippen LogP contribution in [-0.2, 0) is 14.4 Å². The summed E-state index contributed by atoms with van der Waals surface area (Å²) < 4.78 is 22.7. The number of fused-ring (bicyclic) bond motifs is 2. The van der Waals surface area contributed by atoms with Crippen LogP contribution in [0.25, 0.3) is 22.3 Å². The van der Waals surface area contributed by atoms with Crippen molar-refractivity contribution in [2.24, 2.45) is 5.16 Å². The quantitative estimate of drug-likeness (QED) is 0.153. The summed E-state index contributed by atoms with van der Waals surface area (Å²) in [6.45, 7) is 2.77. The van der Waals surface area contributed by atoms with Crippen molar-refractivity contribution in [3.8, 4) is 22.8 Å². The first-order chi connectivity index (χ1) is 19.0. The molecule has 9 nitrogen and oxygen atoms in total. The van der Waals surface area contributed by atoms with Crippen LogP contribution >= 0.6 is 0 Å². The van der Waals surface area contributed by atoms with E-state index in [-0.39, 0.29) is 18.2 Å². The SMILES string of the molecule is CCOC(=O)c1c(-c2ccccc2)oc2ccc(OCCCN3C(=O)/C(=N/OC)c4cc(OC)ccc43)cc12. The van der Waals surface area contributed by atoms with Crippen molar-refractivity contribution < 1.29 is 33.1 Å². The number of carbonyl (C=O) groups excluding carboxylic acids is 2. The smallest absolute Gasteiger partial charge is 0.342 e. The average molecular weight is 529 g/mol. The van der Waals surface area contributed by atoms with Crippen LogP contribution in [-0.4, -0.2) is 51.6 Å². The Balaban J connectivity index is 1.33. The molecular formula is C30H28N2O7. The molecule has 0 atom stereocenters. The van der Waals surface area contributed by atoms with Crippen molar-refractivity contribution >= 4 is 34.2 Å². The summed E-state index contributed by atoms with van der Waals surface area (Å²) in [5.74, 6) is 0.962. The maximum absolute atomic E-state index is 13.0. The van der Waals surface area contributed by atoms with Crippen molar-refractivity contribution in [2.75, 3.05) is 38.9 Å². The molecule has 0 saturated carbocycles. The van der Waals surface area contributed by atoms with E-state index in [1.165, 1.54) is 7.11 Å². The first-order valence-corrected chi connectivity index (χ1v) is 12.6. The molecule has 0 saturated heterocycles. The number of methoxy groups -OCH3 is 1. The van der Waals surface area contributed by atoms with E-state index in [1.807, 2.05) is 36.4 Å². The van der Waals surface area contributed by atoms with Gasteiger partial charge in [-0.1, -0.05) is 35.5 Å². The van der Waals surface area contributed by atoms with Crippen molar-refractivity contribution in [1.29, 1.82) is 0 Å². The Morgan fingerprint density at radius 2 is 1.79 bits per heavy atom. The number of anilines is 1. The topological polar surface area (TPSA) is 99.8 Å². The van der Waals surface area contributed by atoms with E-state index in [9.17, 15) is 9.59 Å². The van der Waals surface area contributed by atoms with Gasteiger partial charge in [-0.05, 0) is 49.7 Å². The molecule has 0 bridgehead atoms. The van der Waals surface area contributed by atoms with Gasteiger partial charge >= 0.3 is 5.97 Å². The molecule has 0 radical (unpaired) electrons. The van der Waals surface area contributed by atoms with Gasteiger partial charge in [0.05, 0.1) is 26.0 Å². The molecular weight excluding hydrogens is 500 g/mol. The normalized spacial score (nSPS) is 13.6. The summed E-state index contributed by atoms with van der Waals surface area (Å²) >= 11 is 0. The summed E-state index contributed by atoms with van der Waals surface area (Å²) in [4.78, 5) is 32.5. The highest BCUT2D eigenvalue weighted by molar-refractivity contribution is 6.54. The molecule has 1 aromatic heterocycles. The molecule has 5 rings (SSSR count). The van der Waals surface area contributed by atoms with Gasteiger partial charge in [-0.25, -0.2) is 4.79 Å². The zero-order valence-corrected chi connectivity index (χ0v) is 21.9. The highest BCUT2D eigenvalue weighted by atomic mass is 16.6. The minimum atomic E-state index is -0.455. The zero-order valence-electron chi connectivity index (χ0n) is 21.9. The molecule has 9 heteroatoms. The van der Waals surface area contributed by atoms with Crippen LogP contribution in [0.2, 0.25) is 0 Å². The number of rotatable bonds is 10. The summed E-state index contributed by atoms with van der Waals surface area (Å²) in [5.41, 5.74) is 3.34. The minimum Gasteiger partial charge on any atom is -0.497 e. The van der Waals surface area contributed by atoms with Crippen molar-refractivity contribution in [2.45, 2.75) is 13.3 Å². The Morgan fingerprint density at radius 3 is 2.54 bits per heavy atom. The van der Waals surface area contributed by atoms with Crippen molar-refractivity contribution in [3.63, 3.8) is 0 Å². The monoisotopic (exact) mass is 528 g/mol. The van der Waals surface area contributed by atoms with Gasteiger partial charge in [0.15, 0.2) is 5.71 Å². The van der Waals surface area contributed by atoms with Gasteiger partial charge < -0.3 is 28.4 Å². The molecule has 1 amide bonds. The molecule has 0 fully saturated rings. The van der Waals surface area contributed by atoms with Crippen LogP contribution in [0.15, 0.2) is 76.3 Å². The van der Waals surface area contributed by atoms with Gasteiger partial charge in [0.2, 0.25) is 0 Å². The standard InChI is InChI=1S/C30H28N2O7/c1-4-37-30(34)26-23-18-21(12-14-25(23)39-28(26)19-9-6-5-7-10-19)38-16-8-15-32-24-13-11-20(35-2)17-22(24)27(29(32)33)31-36-3/h5-7,9-14,17-18H,4,8,15-16H2,1-3H3/b31-27+. The van der Waals surface area contributed by atoms with Gasteiger partial charge in [0.25, 0.3) is 5.91 Å². The first-order valence-electron chi connectivity index (χ1n) is 12.6. The molecule has 0 spiro atoms. The van der Waals surface area contributed by atoms with E-state index in [2.05, 4.69) is 5.16 Å². The molecule has 2 heterocycles. The number of nitrogens with zero attached hydrogens (tertiary/aromatic N) is 2. The second-order valence-corrected chi connectivity index (χ2v) is 8.72. The third kappa shape index (κ3) is 5.03. The number of carbonyl (C=O) groups is 2. The number of ether oxygens (including phenoxy) is 3. The lowest BCUT2D eigenvalue weighted by Gasteiger charge is -2.17. The van der Waals surface area contributed by atoms with E-state index in [0.717, 1.165) is 11.3 Å². The third-order valence-corrected chi connectivity index (χ3v) is 6.35. The lowest BCUT2D eigenvalue weighted by molar-refractivity contribution is -0.112. The first kappa shape index (κ1) is 25.8. The maximum Gasteiger partial charge on any atom is 0.342 e. The van der Waals surface area contributed by atoms with Crippen LogP contribution in [0.5, 0.6) is 11.5 Å². The summed E-state index contributed by atoms with van der Waals surface area (Å²) in [6, 6.07) is 20.2. The second kappa shape index (κ2) is 11.3. The lowest BCUT2D eigenvalue weighted by atomic mass is 10.1. The van der Waals surface area contributed by atoms with Crippen LogP contribution in [0.1, 0.15) is 29.3 Å². The molecule has 1 aliphatic heterocycles. The van der Waals surface area contributed by atoms with Gasteiger partial charge in [-0.2, -0.15) is 0 Å². The molecule has 0 N–H and O–H groups in total. The van der Waals surface area contributed by atoms with E-state index < -0.39 is 5.97 Å². The lowest BCUT2D eigenvalue weighted by Crippen LogP contribution is -2.31. The predicted octanol–water partition coefficient (Wildman–Crippen LogP) is 5.45. The zero-order chi connectivity index (χ0) is 27.4. The second-order valence-electron chi connectivity index (χ2n) is 8.72. The Bertz CT molecular complexity index is 1540. The fraction of sp³-hybridized carbons (Fsp3) is 0.233. The maximum atomic E-state index is 13.0. The molecule has 200 valence electrons. The highest BCUT2D eigenvalue weighted by Crippen LogP contribution is 2.36. The molecule has 39 heavy (non-hydrogen) atoms. The Kier molecular flexibility index (Phi) is 7.49. The average Bonchev–Trinajstić information content (AvgIpc) is 3.46. The van der Waals surface area contributed by atoms with Crippen LogP contribution in [0, 0.1) is 0 Å². The molecule has 0 unspecified atom stereocenters. The van der Waals surface area contributed by atoms with Crippen molar-refractivity contribution in [3.05, 3.63) is 77.9 Å². The molecule has 0 aliphatic carbocycles. The van der Waals surface area contributed by atoms with Crippen molar-refractivity contribution in [1.82, 2.24) is 0 Å². The van der Waals surface area contributed by atoms with E-state index in [4.69, 9.17) is 23.5 Å². The van der Waals surface area contributed by atoms with Crippen LogP contribution in [0.3, 0.4) is 0 Å². The molecule has 1 aliphatic rings. The summed E-state index contributed by atoms with van der Waals surface area (Å²) in [5, 5.41) is 4.54. The van der Waals surface area contributed by atoms with Gasteiger partial charge in [-0.15, -0.1) is 0 Å². The van der Waals surface area contributed by atoms with Crippen LogP contribution in [0.4, 0.5) is 5.69 Å². The number of hydrogen-bond donors (Lipinski definition) is 0. The fourth-order valence-corrected chi connectivity index (χ4v) is 4.60. The van der Waals surface area contributed by atoms with Gasteiger partial charge in [0, 0.05) is 23.1 Å². The Morgan fingerprint density at radius 1 is 1.00 bits per heavy atom. The largest absolute Gasteiger partial charge is 0.497 e. The van der Waals surface area contributed by atoms with Gasteiger partial charge in [0.1, 0.15) is 35.5 Å². The number of hydrogen-bond acceptors (Lipinski definition) is 8. The number of oxime groups is 1. The van der Waals surface area contributed by atoms with Gasteiger partial charge in [-0.3, -0.25) is 4.79 Å². The minimum absolute atomic E-state index is 0.235. The van der Waals surface area contributed by atoms with E-state index in [0.29, 0.717) is 58.9 Å². The third-order valence-electron chi connectivity index (χ3n) is 6.35. The van der Waals surface area contributed by atoms with Crippen LogP contribution < -0.4 is 14.4 Å². The predicted molar refractivity (Wildman–Crippen MR) is 147 cm³/mol.